The van der Waals surface area contributed by atoms with E-state index in [2.05, 4.69) is 50.0 Å². The number of rotatable bonds is 12. The first-order valence-electron chi connectivity index (χ1n) is 15.9. The van der Waals surface area contributed by atoms with Gasteiger partial charge in [0.25, 0.3) is 0 Å². The Kier molecular flexibility index (Phi) is 10.2. The van der Waals surface area contributed by atoms with Crippen LogP contribution in [0.1, 0.15) is 122 Å². The van der Waals surface area contributed by atoms with E-state index in [1.165, 1.54) is 76.3 Å². The molecule has 0 radical (unpaired) electrons. The molecule has 4 rings (SSSR count). The van der Waals surface area contributed by atoms with Crippen LogP contribution in [0.4, 0.5) is 0 Å². The Morgan fingerprint density at radius 1 is 1.03 bits per heavy atom. The quantitative estimate of drug-likeness (QED) is 0.143. The van der Waals surface area contributed by atoms with Gasteiger partial charge in [0, 0.05) is 6.92 Å². The third kappa shape index (κ3) is 6.09. The number of unbranched alkanes of at least 4 members (excludes halogenated alkanes) is 3. The minimum absolute atomic E-state index is 0.0161. The van der Waals surface area contributed by atoms with Crippen LogP contribution in [0.5, 0.6) is 5.75 Å². The van der Waals surface area contributed by atoms with E-state index in [4.69, 9.17) is 4.74 Å². The number of hydrogen-bond acceptors (Lipinski definition) is 3. The van der Waals surface area contributed by atoms with E-state index < -0.39 is 24.0 Å². The van der Waals surface area contributed by atoms with Gasteiger partial charge in [-0.15, -0.1) is 0 Å². The van der Waals surface area contributed by atoms with E-state index in [0.29, 0.717) is 23.5 Å². The van der Waals surface area contributed by atoms with Gasteiger partial charge in [0.2, 0.25) is 0 Å². The molecule has 3 aliphatic rings. The first-order valence-corrected chi connectivity index (χ1v) is 23.6. The Balaban J connectivity index is 1.57. The summed E-state index contributed by atoms with van der Waals surface area (Å²) >= 11 is -2.45. The second-order valence-corrected chi connectivity index (χ2v) is 26.3. The van der Waals surface area contributed by atoms with Crippen LogP contribution in [0.3, 0.4) is 0 Å². The van der Waals surface area contributed by atoms with Gasteiger partial charge >= 0.3 is 226 Å². The molecule has 1 N–H and O–H groups in total. The van der Waals surface area contributed by atoms with Crippen molar-refractivity contribution in [1.82, 2.24) is 0 Å². The summed E-state index contributed by atoms with van der Waals surface area (Å²) in [6.45, 7) is 10.9. The Morgan fingerprint density at radius 2 is 1.68 bits per heavy atom. The molecular formula is C34H54O3Sn. The standard InChI is InChI=1S/C22H27O3.3C4H9.Sn/c1-4-22(24)12-10-20-19-7-5-15-13-16(25-14(2)23)6-8-17(15)18(19)9-11-21(20,22)3;3*1-3-4-2;/h1,4,6,8,13,18-20,24H,5,7,9-12H2,2-3H3;3*1,3-4H2,2H3;/t18-,19-,20+,21+,22-;;;;/m1..../s1. The van der Waals surface area contributed by atoms with Gasteiger partial charge < -0.3 is 0 Å². The van der Waals surface area contributed by atoms with Gasteiger partial charge in [-0.3, -0.25) is 4.79 Å². The molecule has 0 saturated heterocycles. The van der Waals surface area contributed by atoms with Gasteiger partial charge in [-0.25, -0.2) is 0 Å². The van der Waals surface area contributed by atoms with Gasteiger partial charge in [-0.05, 0) is 0 Å². The van der Waals surface area contributed by atoms with Crippen molar-refractivity contribution in [2.24, 2.45) is 17.3 Å². The number of hydrogen-bond donors (Lipinski definition) is 1. The number of carbonyl (C=O) groups is 1. The Hall–Kier alpha value is -0.811. The molecule has 3 aliphatic carbocycles. The SMILES string of the molecule is CCC[CH2][Sn]([CH]=C[C@@]1(O)CC[C@H]2[C@@H]3CCc4cc(OC(C)=O)ccc4[C@H]3CC[C@@]21C)([CH2]CCC)[CH2]CCC. The maximum atomic E-state index is 12.4. The molecule has 5 atom stereocenters. The molecular weight excluding hydrogens is 575 g/mol. The number of aryl methyl sites for hydroxylation is 1. The van der Waals surface area contributed by atoms with Crippen molar-refractivity contribution < 1.29 is 14.6 Å². The first kappa shape index (κ1) is 30.2. The molecule has 0 unspecified atom stereocenters. The fraction of sp³-hybridized carbons (Fsp3) is 0.735. The van der Waals surface area contributed by atoms with Crippen LogP contribution in [-0.2, 0) is 11.2 Å². The van der Waals surface area contributed by atoms with Crippen LogP contribution in [0, 0.1) is 17.3 Å². The van der Waals surface area contributed by atoms with Gasteiger partial charge in [0.1, 0.15) is 0 Å². The average molecular weight is 630 g/mol. The van der Waals surface area contributed by atoms with E-state index >= 15 is 0 Å². The topological polar surface area (TPSA) is 46.5 Å². The van der Waals surface area contributed by atoms with Crippen molar-refractivity contribution in [1.29, 1.82) is 0 Å². The van der Waals surface area contributed by atoms with Crippen LogP contribution in [0.15, 0.2) is 28.4 Å². The Morgan fingerprint density at radius 3 is 2.29 bits per heavy atom. The second kappa shape index (κ2) is 12.8. The number of ether oxygens (including phenoxy) is 1. The summed E-state index contributed by atoms with van der Waals surface area (Å²) in [6.07, 6.45) is 17.0. The summed E-state index contributed by atoms with van der Waals surface area (Å²) in [7, 11) is 0. The fourth-order valence-corrected chi connectivity index (χ4v) is 23.1. The van der Waals surface area contributed by atoms with Crippen molar-refractivity contribution in [3.63, 3.8) is 0 Å². The monoisotopic (exact) mass is 630 g/mol. The molecule has 0 aliphatic heterocycles. The second-order valence-electron chi connectivity index (χ2n) is 13.3. The van der Waals surface area contributed by atoms with Gasteiger partial charge in [-0.2, -0.15) is 0 Å². The first-order chi connectivity index (χ1) is 18.2. The number of esters is 1. The zero-order valence-corrected chi connectivity index (χ0v) is 27.8. The molecule has 0 heterocycles. The number of benzene rings is 1. The van der Waals surface area contributed by atoms with Crippen LogP contribution in [-0.4, -0.2) is 35.1 Å². The van der Waals surface area contributed by atoms with Gasteiger partial charge in [0.15, 0.2) is 0 Å². The van der Waals surface area contributed by atoms with Gasteiger partial charge in [-0.1, -0.05) is 0 Å². The van der Waals surface area contributed by atoms with E-state index in [-0.39, 0.29) is 11.4 Å². The van der Waals surface area contributed by atoms with Crippen LogP contribution in [0.2, 0.25) is 13.3 Å². The predicted molar refractivity (Wildman–Crippen MR) is 161 cm³/mol. The zero-order chi connectivity index (χ0) is 27.4. The molecule has 0 bridgehead atoms. The Labute approximate surface area is 237 Å². The van der Waals surface area contributed by atoms with Crippen molar-refractivity contribution >= 4 is 24.3 Å². The molecule has 1 aromatic rings. The molecule has 2 fully saturated rings. The molecule has 4 heteroatoms. The number of fused-ring (bicyclic) bond motifs is 5. The van der Waals surface area contributed by atoms with E-state index in [1.807, 2.05) is 6.07 Å². The van der Waals surface area contributed by atoms with E-state index in [1.54, 1.807) is 0 Å². The maximum absolute atomic E-state index is 12.4. The van der Waals surface area contributed by atoms with Crippen LogP contribution in [0.25, 0.3) is 0 Å². The molecule has 0 amide bonds. The number of carbonyl (C=O) groups excluding carboxylic acids is 1. The summed E-state index contributed by atoms with van der Waals surface area (Å²) in [5.74, 6) is 2.24. The van der Waals surface area contributed by atoms with E-state index in [0.717, 1.165) is 32.1 Å². The normalized spacial score (nSPS) is 30.6. The van der Waals surface area contributed by atoms with Crippen molar-refractivity contribution in [2.75, 3.05) is 0 Å². The molecule has 0 spiro atoms. The minimum atomic E-state index is -2.45. The summed E-state index contributed by atoms with van der Waals surface area (Å²) in [5.41, 5.74) is 2.18. The predicted octanol–water partition coefficient (Wildman–Crippen LogP) is 9.14. The fourth-order valence-electron chi connectivity index (χ4n) is 8.64. The summed E-state index contributed by atoms with van der Waals surface area (Å²) in [4.78, 5) is 11.5. The molecule has 38 heavy (non-hydrogen) atoms. The van der Waals surface area contributed by atoms with Crippen LogP contribution >= 0.6 is 0 Å². The zero-order valence-electron chi connectivity index (χ0n) is 25.0. The van der Waals surface area contributed by atoms with Crippen molar-refractivity contribution in [3.05, 3.63) is 39.5 Å². The van der Waals surface area contributed by atoms with E-state index in [9.17, 15) is 9.90 Å². The average Bonchev–Trinajstić information content (AvgIpc) is 3.18. The Bertz CT molecular complexity index is 964. The molecule has 2 saturated carbocycles. The molecule has 3 nitrogen and oxygen atoms in total. The number of aliphatic hydroxyl groups is 1. The molecule has 212 valence electrons. The van der Waals surface area contributed by atoms with Gasteiger partial charge in [0.05, 0.1) is 0 Å². The van der Waals surface area contributed by atoms with Crippen molar-refractivity contribution in [2.45, 2.75) is 136 Å². The van der Waals surface area contributed by atoms with Crippen molar-refractivity contribution in [3.8, 4) is 5.75 Å². The molecule has 1 aromatic carbocycles. The van der Waals surface area contributed by atoms with Crippen LogP contribution < -0.4 is 4.74 Å². The summed E-state index contributed by atoms with van der Waals surface area (Å²) in [5, 5.41) is 12.4. The third-order valence-corrected chi connectivity index (χ3v) is 25.0. The summed E-state index contributed by atoms with van der Waals surface area (Å²) < 4.78 is 12.5. The molecule has 0 aromatic heterocycles. The third-order valence-electron chi connectivity index (χ3n) is 11.0. The summed E-state index contributed by atoms with van der Waals surface area (Å²) in [6, 6.07) is 6.32.